The summed E-state index contributed by atoms with van der Waals surface area (Å²) < 4.78 is 5.90. The number of carbonyl (C=O) groups excluding carboxylic acids is 1. The summed E-state index contributed by atoms with van der Waals surface area (Å²) in [5, 5.41) is 26.3. The number of hydrogen-bond donors (Lipinski definition) is 1. The van der Waals surface area contributed by atoms with Gasteiger partial charge in [-0.15, -0.1) is 5.10 Å². The summed E-state index contributed by atoms with van der Waals surface area (Å²) in [6.45, 7) is 1.32. The number of aromatic amines is 1. The molecule has 158 valence electrons. The van der Waals surface area contributed by atoms with Gasteiger partial charge in [-0.25, -0.2) is 0 Å². The van der Waals surface area contributed by atoms with Crippen molar-refractivity contribution in [3.05, 3.63) is 94.2 Å². The molecular formula is C23H17N5O4. The molecule has 5 rings (SSSR count). The number of nitro benzene ring substituents is 1. The zero-order valence-electron chi connectivity index (χ0n) is 16.9. The van der Waals surface area contributed by atoms with Crippen LogP contribution in [0.2, 0.25) is 0 Å². The van der Waals surface area contributed by atoms with Crippen LogP contribution >= 0.6 is 0 Å². The molecule has 1 N–H and O–H groups in total. The van der Waals surface area contributed by atoms with Gasteiger partial charge in [-0.05, 0) is 29.0 Å². The summed E-state index contributed by atoms with van der Waals surface area (Å²) in [7, 11) is 0. The molecule has 0 aliphatic carbocycles. The molecule has 32 heavy (non-hydrogen) atoms. The first-order valence-corrected chi connectivity index (χ1v) is 9.84. The van der Waals surface area contributed by atoms with Gasteiger partial charge in [0.2, 0.25) is 12.1 Å². The summed E-state index contributed by atoms with van der Waals surface area (Å²) in [6.07, 6.45) is -1.04. The third-order valence-corrected chi connectivity index (χ3v) is 5.22. The van der Waals surface area contributed by atoms with E-state index in [-0.39, 0.29) is 17.1 Å². The number of hydrogen-bond acceptors (Lipinski definition) is 6. The Kier molecular flexibility index (Phi) is 4.63. The molecule has 0 saturated heterocycles. The Hall–Kier alpha value is -4.53. The minimum Gasteiger partial charge on any atom is -0.444 e. The summed E-state index contributed by atoms with van der Waals surface area (Å²) >= 11 is 0. The van der Waals surface area contributed by atoms with Crippen molar-refractivity contribution < 1.29 is 14.5 Å². The van der Waals surface area contributed by atoms with Gasteiger partial charge in [0.25, 0.3) is 11.6 Å². The Balaban J connectivity index is 1.48. The Labute approximate surface area is 182 Å². The van der Waals surface area contributed by atoms with Crippen molar-refractivity contribution in [3.63, 3.8) is 0 Å². The third-order valence-electron chi connectivity index (χ3n) is 5.22. The predicted molar refractivity (Wildman–Crippen MR) is 118 cm³/mol. The van der Waals surface area contributed by atoms with Crippen LogP contribution in [0.4, 0.5) is 5.69 Å². The highest BCUT2D eigenvalue weighted by Gasteiger charge is 2.37. The maximum Gasteiger partial charge on any atom is 0.278 e. The van der Waals surface area contributed by atoms with Crippen LogP contribution in [-0.2, 0) is 9.53 Å². The Morgan fingerprint density at radius 1 is 1.06 bits per heavy atom. The van der Waals surface area contributed by atoms with Crippen molar-refractivity contribution in [1.82, 2.24) is 15.2 Å². The first-order valence-electron chi connectivity index (χ1n) is 9.84. The highest BCUT2D eigenvalue weighted by Crippen LogP contribution is 2.35. The predicted octanol–water partition coefficient (Wildman–Crippen LogP) is 4.38. The first kappa shape index (κ1) is 19.4. The van der Waals surface area contributed by atoms with E-state index >= 15 is 0 Å². The molecule has 2 heterocycles. The number of aromatic nitrogens is 2. The number of H-pyrrole nitrogens is 1. The molecule has 1 amide bonds. The maximum atomic E-state index is 12.2. The highest BCUT2D eigenvalue weighted by atomic mass is 16.6. The van der Waals surface area contributed by atoms with Crippen LogP contribution in [0, 0.1) is 10.1 Å². The molecule has 3 aromatic carbocycles. The van der Waals surface area contributed by atoms with E-state index < -0.39 is 17.1 Å². The van der Waals surface area contributed by atoms with E-state index in [1.54, 1.807) is 24.3 Å². The van der Waals surface area contributed by atoms with Crippen LogP contribution in [0.3, 0.4) is 0 Å². The molecule has 9 heteroatoms. The molecule has 1 aliphatic rings. The minimum absolute atomic E-state index is 0.128. The second-order valence-corrected chi connectivity index (χ2v) is 7.28. The third kappa shape index (κ3) is 3.35. The van der Waals surface area contributed by atoms with E-state index in [1.807, 2.05) is 42.5 Å². The van der Waals surface area contributed by atoms with Crippen LogP contribution in [-0.4, -0.2) is 31.9 Å². The number of carbonyl (C=O) groups is 1. The first-order chi connectivity index (χ1) is 15.5. The molecule has 9 nitrogen and oxygen atoms in total. The number of nitrogens with zero attached hydrogens (tertiary/aromatic N) is 4. The number of benzene rings is 3. The lowest BCUT2D eigenvalue weighted by atomic mass is 10.1. The number of fused-ring (bicyclic) bond motifs is 1. The molecule has 4 aromatic rings. The van der Waals surface area contributed by atoms with E-state index in [0.29, 0.717) is 11.4 Å². The normalized spacial score (nSPS) is 15.5. The summed E-state index contributed by atoms with van der Waals surface area (Å²) in [5.41, 5.74) is 2.13. The lowest BCUT2D eigenvalue weighted by Crippen LogP contribution is -2.25. The van der Waals surface area contributed by atoms with Crippen LogP contribution in [0.25, 0.3) is 22.0 Å². The summed E-state index contributed by atoms with van der Waals surface area (Å²) in [6, 6.07) is 21.9. The number of para-hydroxylation sites is 1. The Bertz CT molecular complexity index is 1390. The van der Waals surface area contributed by atoms with Gasteiger partial charge < -0.3 is 4.74 Å². The zero-order valence-corrected chi connectivity index (χ0v) is 16.9. The van der Waals surface area contributed by atoms with Gasteiger partial charge in [0.15, 0.2) is 0 Å². The van der Waals surface area contributed by atoms with Crippen LogP contribution in [0.1, 0.15) is 24.4 Å². The number of rotatable bonds is 4. The molecule has 0 spiro atoms. The van der Waals surface area contributed by atoms with E-state index in [9.17, 15) is 14.9 Å². The van der Waals surface area contributed by atoms with Gasteiger partial charge >= 0.3 is 0 Å². The number of nitrogens with one attached hydrogen (secondary N) is 1. The van der Waals surface area contributed by atoms with E-state index in [4.69, 9.17) is 4.74 Å². The smallest absolute Gasteiger partial charge is 0.278 e. The fourth-order valence-corrected chi connectivity index (χ4v) is 3.67. The molecule has 0 radical (unpaired) electrons. The van der Waals surface area contributed by atoms with Crippen molar-refractivity contribution in [2.75, 3.05) is 0 Å². The molecule has 1 atom stereocenters. The van der Waals surface area contributed by atoms with Gasteiger partial charge in [0.05, 0.1) is 16.2 Å². The van der Waals surface area contributed by atoms with Crippen LogP contribution < -0.4 is 0 Å². The molecule has 0 fully saturated rings. The molecular weight excluding hydrogens is 410 g/mol. The summed E-state index contributed by atoms with van der Waals surface area (Å²) in [5.74, 6) is -0.277. The number of ether oxygens (including phenoxy) is 1. The maximum absolute atomic E-state index is 12.2. The number of hydrazone groups is 1. The van der Waals surface area contributed by atoms with Gasteiger partial charge in [-0.2, -0.15) is 10.1 Å². The minimum atomic E-state index is -1.04. The molecule has 1 aliphatic heterocycles. The van der Waals surface area contributed by atoms with E-state index in [0.717, 1.165) is 21.3 Å². The van der Waals surface area contributed by atoms with Gasteiger partial charge in [-0.3, -0.25) is 20.0 Å². The largest absolute Gasteiger partial charge is 0.444 e. The lowest BCUT2D eigenvalue weighted by molar-refractivity contribution is -0.386. The average Bonchev–Trinajstić information content (AvgIpc) is 3.46. The average molecular weight is 427 g/mol. The molecule has 1 unspecified atom stereocenters. The SMILES string of the molecule is CC(=O)N1N=C(c2cc(-c3ccc4ccccc4c3)n[nH]2)OC1c1ccccc1[N+](=O)[O-]. The molecule has 0 bridgehead atoms. The second kappa shape index (κ2) is 7.62. The van der Waals surface area contributed by atoms with E-state index in [1.165, 1.54) is 13.0 Å². The van der Waals surface area contributed by atoms with Crippen molar-refractivity contribution in [2.24, 2.45) is 5.10 Å². The quantitative estimate of drug-likeness (QED) is 0.384. The fourth-order valence-electron chi connectivity index (χ4n) is 3.67. The van der Waals surface area contributed by atoms with Crippen LogP contribution in [0.15, 0.2) is 77.9 Å². The van der Waals surface area contributed by atoms with Crippen molar-refractivity contribution in [3.8, 4) is 11.3 Å². The monoisotopic (exact) mass is 427 g/mol. The number of amides is 1. The zero-order chi connectivity index (χ0) is 22.2. The van der Waals surface area contributed by atoms with Crippen LogP contribution in [0.5, 0.6) is 0 Å². The van der Waals surface area contributed by atoms with Crippen molar-refractivity contribution in [1.29, 1.82) is 0 Å². The van der Waals surface area contributed by atoms with Crippen molar-refractivity contribution >= 4 is 28.3 Å². The number of nitro groups is 1. The molecule has 0 saturated carbocycles. The van der Waals surface area contributed by atoms with Gasteiger partial charge in [0, 0.05) is 18.6 Å². The lowest BCUT2D eigenvalue weighted by Gasteiger charge is -2.18. The van der Waals surface area contributed by atoms with E-state index in [2.05, 4.69) is 15.3 Å². The highest BCUT2D eigenvalue weighted by molar-refractivity contribution is 5.96. The second-order valence-electron chi connectivity index (χ2n) is 7.28. The Morgan fingerprint density at radius 2 is 1.81 bits per heavy atom. The topological polar surface area (TPSA) is 114 Å². The van der Waals surface area contributed by atoms with Gasteiger partial charge in [-0.1, -0.05) is 48.5 Å². The Morgan fingerprint density at radius 3 is 2.59 bits per heavy atom. The van der Waals surface area contributed by atoms with Crippen molar-refractivity contribution in [2.45, 2.75) is 13.2 Å². The summed E-state index contributed by atoms with van der Waals surface area (Å²) in [4.78, 5) is 23.1. The fraction of sp³-hybridized carbons (Fsp3) is 0.0870. The molecule has 1 aromatic heterocycles. The standard InChI is InChI=1S/C23H17N5O4/c1-14(29)27-23(18-8-4-5-9-21(18)28(30)31)32-22(26-27)20-13-19(24-25-20)17-11-10-15-6-2-3-7-16(15)12-17/h2-13,23H,1H3,(H,24,25). The van der Waals surface area contributed by atoms with Gasteiger partial charge in [0.1, 0.15) is 5.69 Å².